The first-order valence-electron chi connectivity index (χ1n) is 8.20. The van der Waals surface area contributed by atoms with Gasteiger partial charge in [0.2, 0.25) is 6.79 Å². The van der Waals surface area contributed by atoms with E-state index in [2.05, 4.69) is 29.3 Å². The second kappa shape index (κ2) is 5.72. The molecule has 0 aromatic heterocycles. The molecule has 0 bridgehead atoms. The molecule has 22 heavy (non-hydrogen) atoms. The van der Waals surface area contributed by atoms with Crippen molar-refractivity contribution in [1.82, 2.24) is 10.2 Å². The van der Waals surface area contributed by atoms with Crippen molar-refractivity contribution in [3.63, 3.8) is 0 Å². The lowest BCUT2D eigenvalue weighted by atomic mass is 9.90. The van der Waals surface area contributed by atoms with Gasteiger partial charge in [-0.15, -0.1) is 0 Å². The SMILES string of the molecule is Cc1cc2c(cc1CN1CCOC3(CCNCC3)C1)OCO2. The molecule has 3 heterocycles. The highest BCUT2D eigenvalue weighted by atomic mass is 16.7. The first-order chi connectivity index (χ1) is 10.7. The molecule has 5 heteroatoms. The molecule has 1 aromatic carbocycles. The summed E-state index contributed by atoms with van der Waals surface area (Å²) in [6.45, 7) is 8.45. The Labute approximate surface area is 131 Å². The molecule has 3 aliphatic rings. The molecule has 0 atom stereocenters. The average molecular weight is 304 g/mol. The average Bonchev–Trinajstić information content (AvgIpc) is 2.95. The minimum atomic E-state index is 0.0632. The number of morpholine rings is 1. The highest BCUT2D eigenvalue weighted by molar-refractivity contribution is 5.48. The Morgan fingerprint density at radius 1 is 1.18 bits per heavy atom. The maximum absolute atomic E-state index is 6.15. The number of aryl methyl sites for hydroxylation is 1. The zero-order chi connectivity index (χ0) is 15.0. The third-order valence-corrected chi connectivity index (χ3v) is 5.07. The van der Waals surface area contributed by atoms with Crippen molar-refractivity contribution in [1.29, 1.82) is 0 Å². The minimum Gasteiger partial charge on any atom is -0.454 e. The largest absolute Gasteiger partial charge is 0.454 e. The van der Waals surface area contributed by atoms with Crippen molar-refractivity contribution < 1.29 is 14.2 Å². The summed E-state index contributed by atoms with van der Waals surface area (Å²) in [6.07, 6.45) is 2.23. The Bertz CT molecular complexity index is 550. The van der Waals surface area contributed by atoms with Crippen LogP contribution < -0.4 is 14.8 Å². The Balaban J connectivity index is 1.49. The molecular weight excluding hydrogens is 280 g/mol. The van der Waals surface area contributed by atoms with E-state index in [1.165, 1.54) is 11.1 Å². The molecule has 0 aliphatic carbocycles. The number of benzene rings is 1. The van der Waals surface area contributed by atoms with E-state index >= 15 is 0 Å². The van der Waals surface area contributed by atoms with Crippen molar-refractivity contribution >= 4 is 0 Å². The lowest BCUT2D eigenvalue weighted by Gasteiger charge is -2.45. The smallest absolute Gasteiger partial charge is 0.231 e. The van der Waals surface area contributed by atoms with Gasteiger partial charge in [0.25, 0.3) is 0 Å². The van der Waals surface area contributed by atoms with Crippen molar-refractivity contribution in [2.75, 3.05) is 39.6 Å². The fourth-order valence-electron chi connectivity index (χ4n) is 3.74. The van der Waals surface area contributed by atoms with Gasteiger partial charge in [0, 0.05) is 19.6 Å². The molecule has 3 aliphatic heterocycles. The van der Waals surface area contributed by atoms with Crippen LogP contribution in [0.3, 0.4) is 0 Å². The Morgan fingerprint density at radius 2 is 1.95 bits per heavy atom. The van der Waals surface area contributed by atoms with Crippen LogP contribution in [0.5, 0.6) is 11.5 Å². The molecule has 120 valence electrons. The van der Waals surface area contributed by atoms with Gasteiger partial charge in [-0.1, -0.05) is 0 Å². The van der Waals surface area contributed by atoms with E-state index in [4.69, 9.17) is 14.2 Å². The van der Waals surface area contributed by atoms with Gasteiger partial charge in [0.15, 0.2) is 11.5 Å². The van der Waals surface area contributed by atoms with Crippen LogP contribution >= 0.6 is 0 Å². The second-order valence-electron chi connectivity index (χ2n) is 6.62. The van der Waals surface area contributed by atoms with Gasteiger partial charge in [-0.2, -0.15) is 0 Å². The molecular formula is C17H24N2O3. The van der Waals surface area contributed by atoms with E-state index in [1.54, 1.807) is 0 Å². The highest BCUT2D eigenvalue weighted by Gasteiger charge is 2.37. The first-order valence-corrected chi connectivity index (χ1v) is 8.20. The summed E-state index contributed by atoms with van der Waals surface area (Å²) in [5, 5.41) is 3.43. The Hall–Kier alpha value is -1.30. The number of piperidine rings is 1. The quantitative estimate of drug-likeness (QED) is 0.900. The molecule has 2 fully saturated rings. The van der Waals surface area contributed by atoms with Crippen molar-refractivity contribution in [2.24, 2.45) is 0 Å². The van der Waals surface area contributed by atoms with E-state index in [9.17, 15) is 0 Å². The molecule has 2 saturated heterocycles. The number of ether oxygens (including phenoxy) is 3. The lowest BCUT2D eigenvalue weighted by Crippen LogP contribution is -2.55. The van der Waals surface area contributed by atoms with Gasteiger partial charge in [-0.05, 0) is 56.1 Å². The molecule has 1 spiro atoms. The number of nitrogens with one attached hydrogen (secondary N) is 1. The fraction of sp³-hybridized carbons (Fsp3) is 0.647. The normalized spacial score (nSPS) is 23.9. The van der Waals surface area contributed by atoms with Crippen molar-refractivity contribution in [3.05, 3.63) is 23.3 Å². The zero-order valence-electron chi connectivity index (χ0n) is 13.2. The summed E-state index contributed by atoms with van der Waals surface area (Å²) >= 11 is 0. The number of fused-ring (bicyclic) bond motifs is 1. The predicted octanol–water partition coefficient (Wildman–Crippen LogP) is 1.68. The standard InChI is InChI=1S/C17H24N2O3/c1-13-8-15-16(21-12-20-15)9-14(13)10-19-6-7-22-17(11-19)2-4-18-5-3-17/h8-9,18H,2-7,10-12H2,1H3. The monoisotopic (exact) mass is 304 g/mol. The third-order valence-electron chi connectivity index (χ3n) is 5.07. The number of hydrogen-bond acceptors (Lipinski definition) is 5. The van der Waals surface area contributed by atoms with Gasteiger partial charge in [-0.3, -0.25) is 4.90 Å². The maximum Gasteiger partial charge on any atom is 0.231 e. The van der Waals surface area contributed by atoms with Crippen LogP contribution in [0, 0.1) is 6.92 Å². The van der Waals surface area contributed by atoms with E-state index in [-0.39, 0.29) is 5.60 Å². The number of rotatable bonds is 2. The zero-order valence-corrected chi connectivity index (χ0v) is 13.2. The van der Waals surface area contributed by atoms with Gasteiger partial charge >= 0.3 is 0 Å². The van der Waals surface area contributed by atoms with E-state index in [0.717, 1.165) is 63.7 Å². The first kappa shape index (κ1) is 14.3. The van der Waals surface area contributed by atoms with E-state index in [0.29, 0.717) is 6.79 Å². The van der Waals surface area contributed by atoms with Gasteiger partial charge in [0.1, 0.15) is 0 Å². The molecule has 5 nitrogen and oxygen atoms in total. The third kappa shape index (κ3) is 2.69. The summed E-state index contributed by atoms with van der Waals surface area (Å²) in [4.78, 5) is 2.53. The van der Waals surface area contributed by atoms with E-state index < -0.39 is 0 Å². The van der Waals surface area contributed by atoms with Crippen LogP contribution in [0.4, 0.5) is 0 Å². The fourth-order valence-corrected chi connectivity index (χ4v) is 3.74. The van der Waals surface area contributed by atoms with Gasteiger partial charge < -0.3 is 19.5 Å². The Kier molecular flexibility index (Phi) is 3.72. The van der Waals surface area contributed by atoms with Crippen LogP contribution in [0.25, 0.3) is 0 Å². The van der Waals surface area contributed by atoms with Gasteiger partial charge in [-0.25, -0.2) is 0 Å². The second-order valence-corrected chi connectivity index (χ2v) is 6.62. The van der Waals surface area contributed by atoms with Crippen molar-refractivity contribution in [3.8, 4) is 11.5 Å². The predicted molar refractivity (Wildman–Crippen MR) is 83.4 cm³/mol. The summed E-state index contributed by atoms with van der Waals surface area (Å²) in [7, 11) is 0. The van der Waals surface area contributed by atoms with E-state index in [1.807, 2.05) is 0 Å². The summed E-state index contributed by atoms with van der Waals surface area (Å²) in [5.74, 6) is 1.75. The van der Waals surface area contributed by atoms with Crippen LogP contribution in [0.15, 0.2) is 12.1 Å². The van der Waals surface area contributed by atoms with Crippen LogP contribution in [-0.4, -0.2) is 50.1 Å². The molecule has 0 unspecified atom stereocenters. The maximum atomic E-state index is 6.15. The minimum absolute atomic E-state index is 0.0632. The summed E-state index contributed by atoms with van der Waals surface area (Å²) in [6, 6.07) is 4.24. The molecule has 1 N–H and O–H groups in total. The highest BCUT2D eigenvalue weighted by Crippen LogP contribution is 2.35. The lowest BCUT2D eigenvalue weighted by molar-refractivity contribution is -0.125. The number of hydrogen-bond donors (Lipinski definition) is 1. The summed E-state index contributed by atoms with van der Waals surface area (Å²) in [5.41, 5.74) is 2.67. The molecule has 4 rings (SSSR count). The topological polar surface area (TPSA) is 43.0 Å². The Morgan fingerprint density at radius 3 is 2.77 bits per heavy atom. The molecule has 0 radical (unpaired) electrons. The van der Waals surface area contributed by atoms with Crippen molar-refractivity contribution in [2.45, 2.75) is 31.9 Å². The summed E-state index contributed by atoms with van der Waals surface area (Å²) < 4.78 is 17.1. The molecule has 0 amide bonds. The van der Waals surface area contributed by atoms with Crippen LogP contribution in [0.1, 0.15) is 24.0 Å². The number of nitrogens with zero attached hydrogens (tertiary/aromatic N) is 1. The van der Waals surface area contributed by atoms with Gasteiger partial charge in [0.05, 0.1) is 12.2 Å². The molecule has 0 saturated carbocycles. The van der Waals surface area contributed by atoms with Crippen LogP contribution in [0.2, 0.25) is 0 Å². The molecule has 1 aromatic rings. The van der Waals surface area contributed by atoms with Crippen LogP contribution in [-0.2, 0) is 11.3 Å².